The summed E-state index contributed by atoms with van der Waals surface area (Å²) in [5.74, 6) is -1.79. The third kappa shape index (κ3) is 2.11. The molecule has 92 valence electrons. The summed E-state index contributed by atoms with van der Waals surface area (Å²) in [4.78, 5) is 16.1. The highest BCUT2D eigenvalue weighted by molar-refractivity contribution is 5.82. The van der Waals surface area contributed by atoms with E-state index in [0.29, 0.717) is 12.1 Å². The first-order chi connectivity index (χ1) is 7.91. The largest absolute Gasteiger partial charge is 0.471 e. The Balaban J connectivity index is 2.29. The number of carbonyl (C=O) groups is 1. The number of carbonyl (C=O) groups excluding carboxylic acids is 1. The van der Waals surface area contributed by atoms with Gasteiger partial charge >= 0.3 is 12.1 Å². The fourth-order valence-corrected chi connectivity index (χ4v) is 2.06. The zero-order valence-electron chi connectivity index (χ0n) is 9.16. The molecule has 1 aromatic heterocycles. The van der Waals surface area contributed by atoms with Gasteiger partial charge in [-0.15, -0.1) is 0 Å². The van der Waals surface area contributed by atoms with Gasteiger partial charge in [-0.3, -0.25) is 9.78 Å². The SMILES string of the molecule is CC1c2ncccc2CCN1C(=O)C(F)(F)F. The van der Waals surface area contributed by atoms with Crippen LogP contribution in [0.1, 0.15) is 24.2 Å². The lowest BCUT2D eigenvalue weighted by atomic mass is 9.99. The highest BCUT2D eigenvalue weighted by Crippen LogP contribution is 2.31. The third-order valence-electron chi connectivity index (χ3n) is 2.91. The third-order valence-corrected chi connectivity index (χ3v) is 2.91. The average Bonchev–Trinajstić information content (AvgIpc) is 2.28. The maximum Gasteiger partial charge on any atom is 0.471 e. The Morgan fingerprint density at radius 2 is 2.24 bits per heavy atom. The van der Waals surface area contributed by atoms with Gasteiger partial charge in [-0.05, 0) is 25.0 Å². The Morgan fingerprint density at radius 1 is 1.53 bits per heavy atom. The highest BCUT2D eigenvalue weighted by atomic mass is 19.4. The molecule has 0 radical (unpaired) electrons. The Hall–Kier alpha value is -1.59. The first-order valence-electron chi connectivity index (χ1n) is 5.23. The van der Waals surface area contributed by atoms with E-state index < -0.39 is 18.1 Å². The van der Waals surface area contributed by atoms with Crippen molar-refractivity contribution >= 4 is 5.91 Å². The second-order valence-corrected chi connectivity index (χ2v) is 3.97. The molecule has 0 saturated carbocycles. The zero-order chi connectivity index (χ0) is 12.6. The fraction of sp³-hybridized carbons (Fsp3) is 0.455. The number of amides is 1. The molecule has 0 spiro atoms. The molecule has 0 saturated heterocycles. The van der Waals surface area contributed by atoms with Crippen LogP contribution in [0.4, 0.5) is 13.2 Å². The number of rotatable bonds is 0. The van der Waals surface area contributed by atoms with E-state index in [2.05, 4.69) is 4.98 Å². The number of aromatic nitrogens is 1. The van der Waals surface area contributed by atoms with E-state index in [1.807, 2.05) is 6.07 Å². The van der Waals surface area contributed by atoms with Crippen LogP contribution in [0.5, 0.6) is 0 Å². The van der Waals surface area contributed by atoms with Gasteiger partial charge in [0.2, 0.25) is 0 Å². The van der Waals surface area contributed by atoms with Gasteiger partial charge in [-0.1, -0.05) is 6.07 Å². The Kier molecular flexibility index (Phi) is 2.81. The molecule has 2 heterocycles. The normalized spacial score (nSPS) is 20.0. The van der Waals surface area contributed by atoms with Crippen LogP contribution in [0.25, 0.3) is 0 Å². The van der Waals surface area contributed by atoms with Crippen LogP contribution in [-0.4, -0.2) is 28.5 Å². The molecule has 1 aromatic rings. The summed E-state index contributed by atoms with van der Waals surface area (Å²) in [6.07, 6.45) is -2.88. The number of hydrogen-bond donors (Lipinski definition) is 0. The molecule has 2 rings (SSSR count). The molecular weight excluding hydrogens is 233 g/mol. The topological polar surface area (TPSA) is 33.2 Å². The predicted molar refractivity (Wildman–Crippen MR) is 54.1 cm³/mol. The van der Waals surface area contributed by atoms with E-state index in [9.17, 15) is 18.0 Å². The van der Waals surface area contributed by atoms with Gasteiger partial charge in [0.1, 0.15) is 0 Å². The van der Waals surface area contributed by atoms with E-state index >= 15 is 0 Å². The summed E-state index contributed by atoms with van der Waals surface area (Å²) in [6.45, 7) is 1.65. The number of hydrogen-bond acceptors (Lipinski definition) is 2. The predicted octanol–water partition coefficient (Wildman–Crippen LogP) is 2.09. The molecule has 1 atom stereocenters. The highest BCUT2D eigenvalue weighted by Gasteiger charge is 2.45. The van der Waals surface area contributed by atoms with Crippen LogP contribution in [0, 0.1) is 0 Å². The number of halogens is 3. The van der Waals surface area contributed by atoms with Crippen molar-refractivity contribution in [3.63, 3.8) is 0 Å². The summed E-state index contributed by atoms with van der Waals surface area (Å²) in [6, 6.07) is 2.94. The van der Waals surface area contributed by atoms with E-state index in [-0.39, 0.29) is 6.54 Å². The van der Waals surface area contributed by atoms with Gasteiger partial charge in [0, 0.05) is 12.7 Å². The van der Waals surface area contributed by atoms with Crippen LogP contribution in [0.3, 0.4) is 0 Å². The second kappa shape index (κ2) is 4.01. The van der Waals surface area contributed by atoms with E-state index in [4.69, 9.17) is 0 Å². The minimum Gasteiger partial charge on any atom is -0.326 e. The first-order valence-corrected chi connectivity index (χ1v) is 5.23. The van der Waals surface area contributed by atoms with Gasteiger partial charge in [-0.2, -0.15) is 13.2 Å². The molecule has 0 fully saturated rings. The molecular formula is C11H11F3N2O. The smallest absolute Gasteiger partial charge is 0.326 e. The molecule has 1 aliphatic rings. The monoisotopic (exact) mass is 244 g/mol. The fourth-order valence-electron chi connectivity index (χ4n) is 2.06. The standard InChI is InChI=1S/C11H11F3N2O/c1-7-9-8(3-2-5-15-9)4-6-16(7)10(17)11(12,13)14/h2-3,5,7H,4,6H2,1H3. The van der Waals surface area contributed by atoms with Crippen molar-refractivity contribution in [1.82, 2.24) is 9.88 Å². The number of nitrogens with zero attached hydrogens (tertiary/aromatic N) is 2. The van der Waals surface area contributed by atoms with Gasteiger partial charge in [-0.25, -0.2) is 0 Å². The number of alkyl halides is 3. The first kappa shape index (κ1) is 11.9. The van der Waals surface area contributed by atoms with Gasteiger partial charge in [0.25, 0.3) is 0 Å². The molecule has 0 N–H and O–H groups in total. The molecule has 1 unspecified atom stereocenters. The summed E-state index contributed by atoms with van der Waals surface area (Å²) in [5, 5.41) is 0. The molecule has 3 nitrogen and oxygen atoms in total. The van der Waals surface area contributed by atoms with Crippen LogP contribution in [0.2, 0.25) is 0 Å². The van der Waals surface area contributed by atoms with E-state index in [0.717, 1.165) is 10.5 Å². The van der Waals surface area contributed by atoms with Crippen LogP contribution < -0.4 is 0 Å². The van der Waals surface area contributed by atoms with Gasteiger partial charge in [0.15, 0.2) is 0 Å². The van der Waals surface area contributed by atoms with Crippen LogP contribution in [0.15, 0.2) is 18.3 Å². The second-order valence-electron chi connectivity index (χ2n) is 3.97. The maximum absolute atomic E-state index is 12.4. The van der Waals surface area contributed by atoms with Crippen molar-refractivity contribution < 1.29 is 18.0 Å². The van der Waals surface area contributed by atoms with Crippen molar-refractivity contribution in [3.05, 3.63) is 29.6 Å². The van der Waals surface area contributed by atoms with Crippen molar-refractivity contribution in [2.45, 2.75) is 25.6 Å². The van der Waals surface area contributed by atoms with E-state index in [1.165, 1.54) is 6.20 Å². The molecule has 0 aromatic carbocycles. The minimum absolute atomic E-state index is 0.0816. The zero-order valence-corrected chi connectivity index (χ0v) is 9.16. The summed E-state index contributed by atoms with van der Waals surface area (Å²) < 4.78 is 37.1. The van der Waals surface area contributed by atoms with Crippen molar-refractivity contribution in [2.24, 2.45) is 0 Å². The molecule has 0 aliphatic carbocycles. The van der Waals surface area contributed by atoms with Crippen molar-refractivity contribution in [1.29, 1.82) is 0 Å². The summed E-state index contributed by atoms with van der Waals surface area (Å²) >= 11 is 0. The van der Waals surface area contributed by atoms with Crippen LogP contribution in [-0.2, 0) is 11.2 Å². The lowest BCUT2D eigenvalue weighted by Crippen LogP contribution is -2.46. The van der Waals surface area contributed by atoms with Crippen molar-refractivity contribution in [3.8, 4) is 0 Å². The van der Waals surface area contributed by atoms with Crippen LogP contribution >= 0.6 is 0 Å². The average molecular weight is 244 g/mol. The molecule has 1 amide bonds. The molecule has 17 heavy (non-hydrogen) atoms. The van der Waals surface area contributed by atoms with Gasteiger partial charge < -0.3 is 4.90 Å². The van der Waals surface area contributed by atoms with E-state index in [1.54, 1.807) is 13.0 Å². The molecule has 1 aliphatic heterocycles. The van der Waals surface area contributed by atoms with Crippen molar-refractivity contribution in [2.75, 3.05) is 6.54 Å². The minimum atomic E-state index is -4.82. The lowest BCUT2D eigenvalue weighted by Gasteiger charge is -2.34. The number of fused-ring (bicyclic) bond motifs is 1. The van der Waals surface area contributed by atoms with Gasteiger partial charge in [0.05, 0.1) is 11.7 Å². The summed E-state index contributed by atoms with van der Waals surface area (Å²) in [7, 11) is 0. The Bertz CT molecular complexity index is 445. The molecule has 0 bridgehead atoms. The molecule has 6 heteroatoms. The summed E-state index contributed by atoms with van der Waals surface area (Å²) in [5.41, 5.74) is 1.46. The number of pyridine rings is 1. The Morgan fingerprint density at radius 3 is 2.88 bits per heavy atom. The lowest BCUT2D eigenvalue weighted by molar-refractivity contribution is -0.188. The maximum atomic E-state index is 12.4. The Labute approximate surface area is 96.3 Å². The quantitative estimate of drug-likeness (QED) is 0.700.